The normalized spacial score (nSPS) is 12.0. The van der Waals surface area contributed by atoms with Gasteiger partial charge in [-0.15, -0.1) is 0 Å². The molecule has 0 N–H and O–H groups in total. The van der Waals surface area contributed by atoms with Crippen molar-refractivity contribution < 1.29 is 9.53 Å². The number of rotatable bonds is 4. The van der Waals surface area contributed by atoms with E-state index in [0.717, 1.165) is 16.7 Å². The zero-order chi connectivity index (χ0) is 18.0. The molecular weight excluding hydrogens is 359 g/mol. The molecule has 1 aromatic heterocycles. The van der Waals surface area contributed by atoms with E-state index in [2.05, 4.69) is 5.10 Å². The molecule has 0 aliphatic carbocycles. The monoisotopic (exact) mass is 374 g/mol. The molecule has 1 heterocycles. The molecule has 3 rings (SSSR count). The zero-order valence-corrected chi connectivity index (χ0v) is 15.3. The molecule has 4 nitrogen and oxygen atoms in total. The van der Waals surface area contributed by atoms with Gasteiger partial charge in [0.1, 0.15) is 0 Å². The first-order chi connectivity index (χ1) is 12.0. The van der Waals surface area contributed by atoms with E-state index in [1.807, 2.05) is 43.3 Å². The van der Waals surface area contributed by atoms with E-state index in [-0.39, 0.29) is 6.04 Å². The summed E-state index contributed by atoms with van der Waals surface area (Å²) < 4.78 is 7.14. The SMILES string of the molecule is CC(=O)Oc1c(-c2ccccc2)cnn1C(C)c1ccc(Cl)c(Cl)c1. The van der Waals surface area contributed by atoms with Gasteiger partial charge in [0.25, 0.3) is 0 Å². The molecule has 0 saturated carbocycles. The second kappa shape index (κ2) is 7.30. The summed E-state index contributed by atoms with van der Waals surface area (Å²) in [7, 11) is 0. The second-order valence-electron chi connectivity index (χ2n) is 5.62. The molecule has 0 fully saturated rings. The lowest BCUT2D eigenvalue weighted by molar-refractivity contribution is -0.132. The Hall–Kier alpha value is -2.30. The first kappa shape index (κ1) is 17.5. The van der Waals surface area contributed by atoms with Gasteiger partial charge in [0.15, 0.2) is 0 Å². The number of halogens is 2. The van der Waals surface area contributed by atoms with Crippen LogP contribution in [0.25, 0.3) is 11.1 Å². The van der Waals surface area contributed by atoms with Crippen LogP contribution in [0.1, 0.15) is 25.5 Å². The maximum atomic E-state index is 11.6. The summed E-state index contributed by atoms with van der Waals surface area (Å²) in [6.07, 6.45) is 1.70. The van der Waals surface area contributed by atoms with Crippen LogP contribution in [0, 0.1) is 0 Å². The third-order valence-electron chi connectivity index (χ3n) is 3.87. The molecule has 1 unspecified atom stereocenters. The maximum Gasteiger partial charge on any atom is 0.309 e. The van der Waals surface area contributed by atoms with Gasteiger partial charge < -0.3 is 4.74 Å². The standard InChI is InChI=1S/C19H16Cl2N2O2/c1-12(15-8-9-17(20)18(21)10-15)23-19(25-13(2)24)16(11-22-23)14-6-4-3-5-7-14/h3-12H,1-2H3. The van der Waals surface area contributed by atoms with Crippen LogP contribution in [0.2, 0.25) is 10.0 Å². The lowest BCUT2D eigenvalue weighted by Gasteiger charge is -2.17. The third kappa shape index (κ3) is 3.70. The molecule has 0 spiro atoms. The van der Waals surface area contributed by atoms with E-state index in [1.165, 1.54) is 6.92 Å². The van der Waals surface area contributed by atoms with E-state index in [1.54, 1.807) is 23.0 Å². The Morgan fingerprint density at radius 2 is 1.84 bits per heavy atom. The van der Waals surface area contributed by atoms with Crippen LogP contribution < -0.4 is 4.74 Å². The summed E-state index contributed by atoms with van der Waals surface area (Å²) in [6.45, 7) is 3.32. The number of esters is 1. The molecule has 6 heteroatoms. The molecule has 0 saturated heterocycles. The van der Waals surface area contributed by atoms with Gasteiger partial charge in [-0.1, -0.05) is 59.6 Å². The van der Waals surface area contributed by atoms with Gasteiger partial charge >= 0.3 is 5.97 Å². The van der Waals surface area contributed by atoms with Crippen molar-refractivity contribution in [3.05, 3.63) is 70.3 Å². The number of hydrogen-bond acceptors (Lipinski definition) is 3. The predicted molar refractivity (Wildman–Crippen MR) is 99.2 cm³/mol. The number of carbonyl (C=O) groups excluding carboxylic acids is 1. The number of benzene rings is 2. The average molecular weight is 375 g/mol. The minimum absolute atomic E-state index is 0.193. The molecule has 1 atom stereocenters. The topological polar surface area (TPSA) is 44.1 Å². The second-order valence-corrected chi connectivity index (χ2v) is 6.43. The molecule has 0 bridgehead atoms. The van der Waals surface area contributed by atoms with Gasteiger partial charge in [-0.25, -0.2) is 4.68 Å². The fourth-order valence-corrected chi connectivity index (χ4v) is 2.90. The molecule has 0 aliphatic rings. The van der Waals surface area contributed by atoms with E-state index < -0.39 is 5.97 Å². The Bertz CT molecular complexity index is 907. The quantitative estimate of drug-likeness (QED) is 0.574. The van der Waals surface area contributed by atoms with E-state index in [9.17, 15) is 4.79 Å². The van der Waals surface area contributed by atoms with Crippen LogP contribution in [0.5, 0.6) is 5.88 Å². The van der Waals surface area contributed by atoms with Crippen molar-refractivity contribution in [2.24, 2.45) is 0 Å². The van der Waals surface area contributed by atoms with Crippen molar-refractivity contribution in [2.45, 2.75) is 19.9 Å². The van der Waals surface area contributed by atoms with Gasteiger partial charge in [0.05, 0.1) is 27.8 Å². The van der Waals surface area contributed by atoms with Crippen LogP contribution in [0.4, 0.5) is 0 Å². The van der Waals surface area contributed by atoms with Gasteiger partial charge in [0, 0.05) is 6.92 Å². The molecular formula is C19H16Cl2N2O2. The number of carbonyl (C=O) groups is 1. The summed E-state index contributed by atoms with van der Waals surface area (Å²) in [4.78, 5) is 11.6. The van der Waals surface area contributed by atoms with Crippen molar-refractivity contribution in [3.8, 4) is 17.0 Å². The minimum atomic E-state index is -0.403. The predicted octanol–water partition coefficient (Wildman–Crippen LogP) is 5.39. The highest BCUT2D eigenvalue weighted by molar-refractivity contribution is 6.42. The van der Waals surface area contributed by atoms with Crippen LogP contribution >= 0.6 is 23.2 Å². The molecule has 3 aromatic rings. The Balaban J connectivity index is 2.07. The summed E-state index contributed by atoms with van der Waals surface area (Å²) in [5, 5.41) is 5.39. The van der Waals surface area contributed by atoms with E-state index >= 15 is 0 Å². The van der Waals surface area contributed by atoms with E-state index in [0.29, 0.717) is 15.9 Å². The van der Waals surface area contributed by atoms with Gasteiger partial charge in [-0.3, -0.25) is 4.79 Å². The van der Waals surface area contributed by atoms with Crippen LogP contribution in [-0.4, -0.2) is 15.7 Å². The highest BCUT2D eigenvalue weighted by Gasteiger charge is 2.21. The molecule has 0 amide bonds. The van der Waals surface area contributed by atoms with Crippen molar-refractivity contribution in [2.75, 3.05) is 0 Å². The van der Waals surface area contributed by atoms with Crippen molar-refractivity contribution in [1.82, 2.24) is 9.78 Å². The van der Waals surface area contributed by atoms with Gasteiger partial charge in [-0.2, -0.15) is 5.10 Å². The minimum Gasteiger partial charge on any atom is -0.407 e. The fourth-order valence-electron chi connectivity index (χ4n) is 2.59. The number of hydrogen-bond donors (Lipinski definition) is 0. The number of aromatic nitrogens is 2. The lowest BCUT2D eigenvalue weighted by atomic mass is 10.1. The number of nitrogens with zero attached hydrogens (tertiary/aromatic N) is 2. The zero-order valence-electron chi connectivity index (χ0n) is 13.7. The average Bonchev–Trinajstić information content (AvgIpc) is 3.00. The van der Waals surface area contributed by atoms with Crippen molar-refractivity contribution in [1.29, 1.82) is 0 Å². The smallest absolute Gasteiger partial charge is 0.309 e. The van der Waals surface area contributed by atoms with E-state index in [4.69, 9.17) is 27.9 Å². The first-order valence-electron chi connectivity index (χ1n) is 7.73. The van der Waals surface area contributed by atoms with Gasteiger partial charge in [0.2, 0.25) is 5.88 Å². The Morgan fingerprint density at radius 3 is 2.48 bits per heavy atom. The summed E-state index contributed by atoms with van der Waals surface area (Å²) in [5.74, 6) is -0.00228. The number of ether oxygens (including phenoxy) is 1. The molecule has 128 valence electrons. The first-order valence-corrected chi connectivity index (χ1v) is 8.49. The Labute approximate surface area is 155 Å². The lowest BCUT2D eigenvalue weighted by Crippen LogP contribution is -2.13. The molecule has 25 heavy (non-hydrogen) atoms. The van der Waals surface area contributed by atoms with Crippen molar-refractivity contribution >= 4 is 29.2 Å². The largest absolute Gasteiger partial charge is 0.407 e. The molecule has 0 radical (unpaired) electrons. The van der Waals surface area contributed by atoms with Gasteiger partial charge in [-0.05, 0) is 30.2 Å². The maximum absolute atomic E-state index is 11.6. The van der Waals surface area contributed by atoms with Crippen molar-refractivity contribution in [3.63, 3.8) is 0 Å². The molecule has 2 aromatic carbocycles. The highest BCUT2D eigenvalue weighted by Crippen LogP contribution is 2.35. The highest BCUT2D eigenvalue weighted by atomic mass is 35.5. The third-order valence-corrected chi connectivity index (χ3v) is 4.61. The Kier molecular flexibility index (Phi) is 5.11. The summed E-state index contributed by atoms with van der Waals surface area (Å²) >= 11 is 12.1. The van der Waals surface area contributed by atoms with Crippen LogP contribution in [0.3, 0.4) is 0 Å². The summed E-state index contributed by atoms with van der Waals surface area (Å²) in [5.41, 5.74) is 2.58. The fraction of sp³-hybridized carbons (Fsp3) is 0.158. The molecule has 0 aliphatic heterocycles. The Morgan fingerprint density at radius 1 is 1.12 bits per heavy atom. The summed E-state index contributed by atoms with van der Waals surface area (Å²) in [6, 6.07) is 14.9. The van der Waals surface area contributed by atoms with Crippen LogP contribution in [0.15, 0.2) is 54.7 Å². The van der Waals surface area contributed by atoms with Crippen LogP contribution in [-0.2, 0) is 4.79 Å².